The van der Waals surface area contributed by atoms with Gasteiger partial charge in [0, 0.05) is 19.6 Å². The monoisotopic (exact) mass is 420 g/mol. The Balaban J connectivity index is 1.59. The van der Waals surface area contributed by atoms with Gasteiger partial charge in [-0.3, -0.25) is 4.79 Å². The summed E-state index contributed by atoms with van der Waals surface area (Å²) >= 11 is 0. The summed E-state index contributed by atoms with van der Waals surface area (Å²) in [5, 5.41) is 3.02. The number of rotatable bonds is 7. The molecule has 0 saturated carbocycles. The fourth-order valence-corrected chi connectivity index (χ4v) is 5.77. The van der Waals surface area contributed by atoms with E-state index in [4.69, 9.17) is 4.74 Å². The Labute approximate surface area is 174 Å². The summed E-state index contributed by atoms with van der Waals surface area (Å²) in [4.78, 5) is 12.9. The number of hydrogen-bond acceptors (Lipinski definition) is 4. The molecule has 1 aliphatic carbocycles. The van der Waals surface area contributed by atoms with Crippen LogP contribution in [0.2, 0.25) is 0 Å². The zero-order valence-electron chi connectivity index (χ0n) is 17.4. The van der Waals surface area contributed by atoms with Crippen LogP contribution in [0.3, 0.4) is 0 Å². The molecule has 1 fully saturated rings. The Morgan fingerprint density at radius 3 is 2.79 bits per heavy atom. The van der Waals surface area contributed by atoms with E-state index in [0.717, 1.165) is 31.2 Å². The first-order valence-corrected chi connectivity index (χ1v) is 12.0. The molecule has 6 nitrogen and oxygen atoms in total. The highest BCUT2D eigenvalue weighted by molar-refractivity contribution is 7.89. The molecule has 1 N–H and O–H groups in total. The molecule has 1 amide bonds. The van der Waals surface area contributed by atoms with Gasteiger partial charge in [-0.2, -0.15) is 4.31 Å². The minimum absolute atomic E-state index is 0.0350. The largest absolute Gasteiger partial charge is 0.496 e. The lowest BCUT2D eigenvalue weighted by atomic mass is 9.96. The molecular weight excluding hydrogens is 388 g/mol. The van der Waals surface area contributed by atoms with Crippen molar-refractivity contribution in [3.8, 4) is 5.75 Å². The summed E-state index contributed by atoms with van der Waals surface area (Å²) in [6.07, 6.45) is 9.37. The van der Waals surface area contributed by atoms with Crippen molar-refractivity contribution in [1.29, 1.82) is 0 Å². The Hall–Kier alpha value is -1.86. The normalized spacial score (nSPS) is 20.8. The van der Waals surface area contributed by atoms with Gasteiger partial charge in [0.05, 0.1) is 17.9 Å². The van der Waals surface area contributed by atoms with E-state index in [1.807, 2.05) is 6.92 Å². The van der Waals surface area contributed by atoms with Crippen molar-refractivity contribution < 1.29 is 17.9 Å². The number of aryl methyl sites for hydroxylation is 1. The van der Waals surface area contributed by atoms with E-state index in [9.17, 15) is 13.2 Å². The lowest BCUT2D eigenvalue weighted by molar-refractivity contribution is -0.126. The Morgan fingerprint density at radius 2 is 2.10 bits per heavy atom. The number of amides is 1. The number of piperidine rings is 1. The maximum Gasteiger partial charge on any atom is 0.243 e. The van der Waals surface area contributed by atoms with Crippen molar-refractivity contribution in [2.45, 2.75) is 56.8 Å². The molecule has 1 atom stereocenters. The number of hydrogen-bond donors (Lipinski definition) is 1. The first kappa shape index (κ1) is 21.8. The van der Waals surface area contributed by atoms with Crippen molar-refractivity contribution >= 4 is 15.9 Å². The smallest absolute Gasteiger partial charge is 0.243 e. The average Bonchev–Trinajstić information content (AvgIpc) is 2.74. The van der Waals surface area contributed by atoms with Crippen LogP contribution in [0, 0.1) is 12.8 Å². The third-order valence-corrected chi connectivity index (χ3v) is 7.75. The lowest BCUT2D eigenvalue weighted by Gasteiger charge is -2.31. The Kier molecular flexibility index (Phi) is 7.35. The fraction of sp³-hybridized carbons (Fsp3) is 0.591. The number of nitrogens with zero attached hydrogens (tertiary/aromatic N) is 1. The Morgan fingerprint density at radius 1 is 1.28 bits per heavy atom. The molecule has 0 aromatic heterocycles. The number of benzene rings is 1. The second-order valence-corrected chi connectivity index (χ2v) is 9.92. The highest BCUT2D eigenvalue weighted by Gasteiger charge is 2.33. The van der Waals surface area contributed by atoms with Gasteiger partial charge in [0.15, 0.2) is 0 Å². The zero-order chi connectivity index (χ0) is 20.9. The molecule has 1 saturated heterocycles. The molecule has 3 rings (SSSR count). The molecule has 0 spiro atoms. The van der Waals surface area contributed by atoms with Crippen LogP contribution < -0.4 is 10.1 Å². The highest BCUT2D eigenvalue weighted by atomic mass is 32.2. The van der Waals surface area contributed by atoms with Crippen molar-refractivity contribution in [3.63, 3.8) is 0 Å². The number of nitrogens with one attached hydrogen (secondary N) is 1. The van der Waals surface area contributed by atoms with Crippen molar-refractivity contribution in [1.82, 2.24) is 9.62 Å². The third kappa shape index (κ3) is 5.39. The van der Waals surface area contributed by atoms with E-state index in [-0.39, 0.29) is 23.3 Å². The molecule has 2 aliphatic rings. The highest BCUT2D eigenvalue weighted by Crippen LogP contribution is 2.27. The standard InChI is InChI=1S/C22H32N2O4S/c1-17-15-20(10-11-21(17)28-2)29(26,27)24-14-6-9-19(16-24)22(25)23-13-12-18-7-4-3-5-8-18/h7,10-11,15,19H,3-6,8-9,12-14,16H2,1-2H3,(H,23,25)/t19-/m1/s1. The van der Waals surface area contributed by atoms with Gasteiger partial charge in [-0.1, -0.05) is 11.6 Å². The predicted molar refractivity (Wildman–Crippen MR) is 113 cm³/mol. The second-order valence-electron chi connectivity index (χ2n) is 7.98. The van der Waals surface area contributed by atoms with Gasteiger partial charge in [-0.25, -0.2) is 8.42 Å². The van der Waals surface area contributed by atoms with Crippen LogP contribution in [0.15, 0.2) is 34.7 Å². The topological polar surface area (TPSA) is 75.7 Å². The van der Waals surface area contributed by atoms with E-state index in [1.165, 1.54) is 22.7 Å². The van der Waals surface area contributed by atoms with Crippen LogP contribution in [0.5, 0.6) is 5.75 Å². The molecule has 1 aliphatic heterocycles. The molecular formula is C22H32N2O4S. The molecule has 0 bridgehead atoms. The number of methoxy groups -OCH3 is 1. The molecule has 160 valence electrons. The SMILES string of the molecule is COc1ccc(S(=O)(=O)N2CCC[C@@H](C(=O)NCCC3=CCCCC3)C2)cc1C. The van der Waals surface area contributed by atoms with Crippen molar-refractivity contribution in [2.75, 3.05) is 26.7 Å². The van der Waals surface area contributed by atoms with E-state index in [0.29, 0.717) is 25.3 Å². The van der Waals surface area contributed by atoms with E-state index in [2.05, 4.69) is 11.4 Å². The quantitative estimate of drug-likeness (QED) is 0.686. The van der Waals surface area contributed by atoms with Gasteiger partial charge in [-0.05, 0) is 75.6 Å². The first-order valence-electron chi connectivity index (χ1n) is 10.5. The molecule has 1 heterocycles. The van der Waals surface area contributed by atoms with Crippen LogP contribution >= 0.6 is 0 Å². The second kappa shape index (κ2) is 9.76. The van der Waals surface area contributed by atoms with Crippen molar-refractivity contribution in [2.24, 2.45) is 5.92 Å². The molecule has 0 unspecified atom stereocenters. The number of carbonyl (C=O) groups is 1. The lowest BCUT2D eigenvalue weighted by Crippen LogP contribution is -2.45. The van der Waals surface area contributed by atoms with E-state index >= 15 is 0 Å². The summed E-state index contributed by atoms with van der Waals surface area (Å²) in [5.41, 5.74) is 2.20. The van der Waals surface area contributed by atoms with Crippen LogP contribution in [0.1, 0.15) is 50.5 Å². The molecule has 0 radical (unpaired) electrons. The minimum Gasteiger partial charge on any atom is -0.496 e. The molecule has 1 aromatic carbocycles. The maximum absolute atomic E-state index is 13.1. The van der Waals surface area contributed by atoms with Gasteiger partial charge >= 0.3 is 0 Å². The van der Waals surface area contributed by atoms with Gasteiger partial charge in [0.2, 0.25) is 15.9 Å². The maximum atomic E-state index is 13.1. The molecule has 7 heteroatoms. The molecule has 1 aromatic rings. The van der Waals surface area contributed by atoms with Gasteiger partial charge in [0.1, 0.15) is 5.75 Å². The molecule has 29 heavy (non-hydrogen) atoms. The van der Waals surface area contributed by atoms with Crippen LogP contribution in [0.4, 0.5) is 0 Å². The minimum atomic E-state index is -3.62. The summed E-state index contributed by atoms with van der Waals surface area (Å²) in [7, 11) is -2.06. The van der Waals surface area contributed by atoms with Gasteiger partial charge in [0.25, 0.3) is 0 Å². The van der Waals surface area contributed by atoms with E-state index in [1.54, 1.807) is 25.3 Å². The van der Waals surface area contributed by atoms with Gasteiger partial charge < -0.3 is 10.1 Å². The van der Waals surface area contributed by atoms with Gasteiger partial charge in [-0.15, -0.1) is 0 Å². The average molecular weight is 421 g/mol. The summed E-state index contributed by atoms with van der Waals surface area (Å²) < 4.78 is 32.8. The number of allylic oxidation sites excluding steroid dienone is 1. The van der Waals surface area contributed by atoms with E-state index < -0.39 is 10.0 Å². The number of sulfonamides is 1. The summed E-state index contributed by atoms with van der Waals surface area (Å²) in [6, 6.07) is 4.88. The first-order chi connectivity index (χ1) is 13.9. The fourth-order valence-electron chi connectivity index (χ4n) is 4.16. The van der Waals surface area contributed by atoms with Crippen LogP contribution in [-0.4, -0.2) is 45.4 Å². The predicted octanol–water partition coefficient (Wildman–Crippen LogP) is 3.41. The number of carbonyl (C=O) groups excluding carboxylic acids is 1. The summed E-state index contributed by atoms with van der Waals surface area (Å²) in [5.74, 6) is 0.332. The number of ether oxygens (including phenoxy) is 1. The van der Waals surface area contributed by atoms with Crippen LogP contribution in [0.25, 0.3) is 0 Å². The third-order valence-electron chi connectivity index (χ3n) is 5.89. The van der Waals surface area contributed by atoms with Crippen LogP contribution in [-0.2, 0) is 14.8 Å². The van der Waals surface area contributed by atoms with Crippen molar-refractivity contribution in [3.05, 3.63) is 35.4 Å². The summed E-state index contributed by atoms with van der Waals surface area (Å²) in [6.45, 7) is 3.14. The zero-order valence-corrected chi connectivity index (χ0v) is 18.3. The Bertz CT molecular complexity index is 864.